The first kappa shape index (κ1) is 8.73. The predicted octanol–water partition coefficient (Wildman–Crippen LogP) is -0.437. The van der Waals surface area contributed by atoms with Crippen LogP contribution < -0.4 is 10.9 Å². The predicted molar refractivity (Wildman–Crippen MR) is 45.0 cm³/mol. The summed E-state index contributed by atoms with van der Waals surface area (Å²) < 4.78 is 0. The normalized spacial score (nSPS) is 12.5. The van der Waals surface area contributed by atoms with Crippen LogP contribution in [0.3, 0.4) is 0 Å². The van der Waals surface area contributed by atoms with Crippen molar-refractivity contribution in [3.63, 3.8) is 0 Å². The van der Waals surface area contributed by atoms with E-state index in [1.165, 1.54) is 12.4 Å². The highest BCUT2D eigenvalue weighted by Gasteiger charge is 2.03. The molecule has 0 aliphatic carbocycles. The molecule has 1 aromatic heterocycles. The van der Waals surface area contributed by atoms with Gasteiger partial charge in [-0.3, -0.25) is 4.79 Å². The lowest BCUT2D eigenvalue weighted by atomic mass is 10.4. The third-order valence-electron chi connectivity index (χ3n) is 1.36. The van der Waals surface area contributed by atoms with Gasteiger partial charge in [0, 0.05) is 18.4 Å². The van der Waals surface area contributed by atoms with E-state index in [0.29, 0.717) is 0 Å². The molecule has 66 valence electrons. The van der Waals surface area contributed by atoms with Crippen LogP contribution in [0.1, 0.15) is 6.92 Å². The zero-order valence-corrected chi connectivity index (χ0v) is 6.74. The molecule has 12 heavy (non-hydrogen) atoms. The third-order valence-corrected chi connectivity index (χ3v) is 1.36. The number of hydrogen-bond acceptors (Lipinski definition) is 4. The maximum absolute atomic E-state index is 11.0. The van der Waals surface area contributed by atoms with Crippen LogP contribution in [0.4, 0.5) is 5.82 Å². The van der Waals surface area contributed by atoms with Crippen molar-refractivity contribution in [2.45, 2.75) is 13.0 Å². The molecule has 1 atom stereocenters. The molecule has 0 saturated carbocycles. The number of nitrogens with zero attached hydrogens (tertiary/aromatic N) is 1. The Morgan fingerprint density at radius 3 is 3.17 bits per heavy atom. The van der Waals surface area contributed by atoms with E-state index in [4.69, 9.17) is 5.11 Å². The van der Waals surface area contributed by atoms with Gasteiger partial charge in [-0.15, -0.1) is 0 Å². The van der Waals surface area contributed by atoms with Crippen LogP contribution in [0.2, 0.25) is 0 Å². The summed E-state index contributed by atoms with van der Waals surface area (Å²) in [4.78, 5) is 17.3. The van der Waals surface area contributed by atoms with Crippen molar-refractivity contribution in [1.82, 2.24) is 9.97 Å². The number of aliphatic hydroxyl groups is 1. The molecule has 1 heterocycles. The van der Waals surface area contributed by atoms with Gasteiger partial charge in [0.1, 0.15) is 0 Å². The summed E-state index contributed by atoms with van der Waals surface area (Å²) >= 11 is 0. The third kappa shape index (κ3) is 2.06. The van der Waals surface area contributed by atoms with Gasteiger partial charge in [0.2, 0.25) is 0 Å². The largest absolute Gasteiger partial charge is 0.394 e. The first-order chi connectivity index (χ1) is 5.74. The summed E-state index contributed by atoms with van der Waals surface area (Å²) in [5.41, 5.74) is -0.280. The molecule has 1 unspecified atom stereocenters. The van der Waals surface area contributed by atoms with Gasteiger partial charge in [0.15, 0.2) is 5.82 Å². The van der Waals surface area contributed by atoms with Gasteiger partial charge in [-0.25, -0.2) is 4.98 Å². The SMILES string of the molecule is CC(CO)Nc1ncc[nH]c1=O. The van der Waals surface area contributed by atoms with E-state index in [1.54, 1.807) is 6.92 Å². The average molecular weight is 169 g/mol. The zero-order chi connectivity index (χ0) is 8.97. The van der Waals surface area contributed by atoms with Crippen molar-refractivity contribution >= 4 is 5.82 Å². The second kappa shape index (κ2) is 3.87. The minimum absolute atomic E-state index is 0.0317. The molecule has 0 aliphatic rings. The molecule has 0 fully saturated rings. The van der Waals surface area contributed by atoms with E-state index >= 15 is 0 Å². The lowest BCUT2D eigenvalue weighted by Gasteiger charge is -2.09. The lowest BCUT2D eigenvalue weighted by molar-refractivity contribution is 0.281. The average Bonchev–Trinajstić information content (AvgIpc) is 2.09. The van der Waals surface area contributed by atoms with Crippen molar-refractivity contribution < 1.29 is 5.11 Å². The molecule has 0 amide bonds. The zero-order valence-electron chi connectivity index (χ0n) is 6.74. The molecule has 0 saturated heterocycles. The van der Waals surface area contributed by atoms with Crippen molar-refractivity contribution in [2.75, 3.05) is 11.9 Å². The van der Waals surface area contributed by atoms with Crippen LogP contribution in [0, 0.1) is 0 Å². The van der Waals surface area contributed by atoms with Crippen LogP contribution in [0.15, 0.2) is 17.2 Å². The van der Waals surface area contributed by atoms with Gasteiger partial charge in [0.05, 0.1) is 6.61 Å². The maximum atomic E-state index is 11.0. The van der Waals surface area contributed by atoms with Gasteiger partial charge in [-0.05, 0) is 6.92 Å². The summed E-state index contributed by atoms with van der Waals surface area (Å²) in [7, 11) is 0. The van der Waals surface area contributed by atoms with E-state index in [2.05, 4.69) is 15.3 Å². The monoisotopic (exact) mass is 169 g/mol. The molecule has 5 nitrogen and oxygen atoms in total. The Kier molecular flexibility index (Phi) is 2.82. The highest BCUT2D eigenvalue weighted by molar-refractivity contribution is 5.31. The molecule has 0 bridgehead atoms. The standard InChI is InChI=1S/C7H11N3O2/c1-5(4-11)10-6-7(12)9-3-2-8-6/h2-3,5,11H,4H2,1H3,(H,8,10)(H,9,12). The Morgan fingerprint density at radius 1 is 1.83 bits per heavy atom. The van der Waals surface area contributed by atoms with Gasteiger partial charge in [-0.1, -0.05) is 0 Å². The summed E-state index contributed by atoms with van der Waals surface area (Å²) in [6.07, 6.45) is 2.94. The molecular formula is C7H11N3O2. The number of hydrogen-bond donors (Lipinski definition) is 3. The Labute approximate surface area is 69.5 Å². The fourth-order valence-corrected chi connectivity index (χ4v) is 0.734. The van der Waals surface area contributed by atoms with Crippen LogP contribution in [-0.4, -0.2) is 27.7 Å². The lowest BCUT2D eigenvalue weighted by Crippen LogP contribution is -2.25. The number of H-pyrrole nitrogens is 1. The number of aromatic nitrogens is 2. The summed E-state index contributed by atoms with van der Waals surface area (Å²) in [6.45, 7) is 1.73. The van der Waals surface area contributed by atoms with Crippen molar-refractivity contribution in [1.29, 1.82) is 0 Å². The first-order valence-corrected chi connectivity index (χ1v) is 3.65. The molecule has 1 aromatic rings. The molecule has 0 radical (unpaired) electrons. The van der Waals surface area contributed by atoms with Crippen molar-refractivity contribution in [3.8, 4) is 0 Å². The quantitative estimate of drug-likeness (QED) is 0.573. The second-order valence-corrected chi connectivity index (χ2v) is 2.49. The van der Waals surface area contributed by atoms with Crippen molar-refractivity contribution in [3.05, 3.63) is 22.7 Å². The Bertz CT molecular complexity index is 297. The van der Waals surface area contributed by atoms with E-state index in [9.17, 15) is 4.79 Å². The molecule has 0 aromatic carbocycles. The van der Waals surface area contributed by atoms with Crippen LogP contribution in [0.25, 0.3) is 0 Å². The first-order valence-electron chi connectivity index (χ1n) is 3.65. The topological polar surface area (TPSA) is 78.0 Å². The summed E-state index contributed by atoms with van der Waals surface area (Å²) in [5, 5.41) is 11.4. The molecule has 0 aliphatic heterocycles. The molecule has 1 rings (SSSR count). The Hall–Kier alpha value is -1.36. The van der Waals surface area contributed by atoms with E-state index in [0.717, 1.165) is 0 Å². The molecule has 0 spiro atoms. The minimum Gasteiger partial charge on any atom is -0.394 e. The highest BCUT2D eigenvalue weighted by atomic mass is 16.3. The van der Waals surface area contributed by atoms with Gasteiger partial charge in [-0.2, -0.15) is 0 Å². The number of rotatable bonds is 3. The van der Waals surface area contributed by atoms with Gasteiger partial charge in [0.25, 0.3) is 5.56 Å². The fraction of sp³-hybridized carbons (Fsp3) is 0.429. The van der Waals surface area contributed by atoms with Crippen LogP contribution in [-0.2, 0) is 0 Å². The number of nitrogens with one attached hydrogen (secondary N) is 2. The van der Waals surface area contributed by atoms with Crippen molar-refractivity contribution in [2.24, 2.45) is 0 Å². The minimum atomic E-state index is -0.280. The smallest absolute Gasteiger partial charge is 0.290 e. The maximum Gasteiger partial charge on any atom is 0.290 e. The van der Waals surface area contributed by atoms with E-state index < -0.39 is 0 Å². The Balaban J connectivity index is 2.76. The van der Waals surface area contributed by atoms with E-state index in [1.807, 2.05) is 0 Å². The Morgan fingerprint density at radius 2 is 2.58 bits per heavy atom. The van der Waals surface area contributed by atoms with E-state index in [-0.39, 0.29) is 24.0 Å². The molecule has 3 N–H and O–H groups in total. The van der Waals surface area contributed by atoms with Gasteiger partial charge < -0.3 is 15.4 Å². The van der Waals surface area contributed by atoms with Crippen LogP contribution in [0.5, 0.6) is 0 Å². The molecular weight excluding hydrogens is 158 g/mol. The molecule has 5 heteroatoms. The number of aliphatic hydroxyl groups excluding tert-OH is 1. The van der Waals surface area contributed by atoms with Gasteiger partial charge >= 0.3 is 0 Å². The number of anilines is 1. The fourth-order valence-electron chi connectivity index (χ4n) is 0.734. The second-order valence-electron chi connectivity index (χ2n) is 2.49. The van der Waals surface area contributed by atoms with Crippen LogP contribution >= 0.6 is 0 Å². The summed E-state index contributed by atoms with van der Waals surface area (Å²) in [6, 6.07) is -0.166. The highest BCUT2D eigenvalue weighted by Crippen LogP contribution is 1.93. The number of aromatic amines is 1. The summed E-state index contributed by atoms with van der Waals surface area (Å²) in [5.74, 6) is 0.235.